The molecule has 3 nitrogen and oxygen atoms in total. The van der Waals surface area contributed by atoms with Gasteiger partial charge in [0, 0.05) is 11.3 Å². The first-order valence-corrected chi connectivity index (χ1v) is 5.77. The van der Waals surface area contributed by atoms with Crippen LogP contribution in [0.5, 0.6) is 0 Å². The topological polar surface area (TPSA) is 55.5 Å². The molecule has 15 heavy (non-hydrogen) atoms. The first-order chi connectivity index (χ1) is 7.04. The Balaban J connectivity index is 3.02. The second-order valence-electron chi connectivity index (χ2n) is 3.21. The van der Waals surface area contributed by atoms with Crippen molar-refractivity contribution in [2.24, 2.45) is 4.99 Å². The number of nitrogens with zero attached hydrogens (tertiary/aromatic N) is 1. The first-order valence-electron chi connectivity index (χ1n) is 4.54. The molecule has 0 fully saturated rings. The van der Waals surface area contributed by atoms with Crippen molar-refractivity contribution >= 4 is 28.4 Å². The summed E-state index contributed by atoms with van der Waals surface area (Å²) in [5.41, 5.74) is 7.73. The van der Waals surface area contributed by atoms with Crippen LogP contribution in [-0.2, 0) is 0 Å². The number of hydrogen-bond acceptors (Lipinski definition) is 3. The molecule has 80 valence electrons. The van der Waals surface area contributed by atoms with Crippen LogP contribution in [0.2, 0.25) is 0 Å². The van der Waals surface area contributed by atoms with Gasteiger partial charge in [0.1, 0.15) is 0 Å². The summed E-state index contributed by atoms with van der Waals surface area (Å²) in [5, 5.41) is 0.760. The number of nitrogens with two attached hydrogens (primary N) is 1. The lowest BCUT2D eigenvalue weighted by molar-refractivity contribution is 0.100. The highest BCUT2D eigenvalue weighted by molar-refractivity contribution is 8.13. The molecule has 0 atom stereocenters. The first kappa shape index (κ1) is 11.8. The molecule has 0 aliphatic rings. The monoisotopic (exact) mass is 222 g/mol. The van der Waals surface area contributed by atoms with Gasteiger partial charge in [-0.2, -0.15) is 0 Å². The zero-order chi connectivity index (χ0) is 11.4. The molecule has 1 aromatic rings. The van der Waals surface area contributed by atoms with E-state index in [0.717, 1.165) is 10.6 Å². The molecule has 0 aromatic heterocycles. The van der Waals surface area contributed by atoms with Crippen molar-refractivity contribution in [2.75, 3.05) is 12.0 Å². The molecule has 1 amide bonds. The summed E-state index contributed by atoms with van der Waals surface area (Å²) >= 11 is 1.46. The molecule has 0 bridgehead atoms. The van der Waals surface area contributed by atoms with Crippen LogP contribution < -0.4 is 5.73 Å². The van der Waals surface area contributed by atoms with Crippen LogP contribution in [0, 0.1) is 6.92 Å². The van der Waals surface area contributed by atoms with E-state index in [4.69, 9.17) is 5.73 Å². The molecule has 1 aromatic carbocycles. The highest BCUT2D eigenvalue weighted by Crippen LogP contribution is 2.14. The van der Waals surface area contributed by atoms with Crippen molar-refractivity contribution in [1.29, 1.82) is 0 Å². The van der Waals surface area contributed by atoms with Crippen LogP contribution >= 0.6 is 11.8 Å². The SMILES string of the molecule is CS/C(C)=N/C(=O)c1ccc(N)cc1C. The molecule has 0 heterocycles. The fourth-order valence-corrected chi connectivity index (χ4v) is 1.35. The molecule has 0 spiro atoms. The maximum atomic E-state index is 11.7. The van der Waals surface area contributed by atoms with Crippen LogP contribution in [0.25, 0.3) is 0 Å². The Morgan fingerprint density at radius 3 is 2.67 bits per heavy atom. The highest BCUT2D eigenvalue weighted by Gasteiger charge is 2.07. The van der Waals surface area contributed by atoms with Gasteiger partial charge in [-0.3, -0.25) is 4.79 Å². The third kappa shape index (κ3) is 3.09. The van der Waals surface area contributed by atoms with Crippen molar-refractivity contribution in [3.8, 4) is 0 Å². The van der Waals surface area contributed by atoms with Crippen molar-refractivity contribution in [3.05, 3.63) is 29.3 Å². The molecular weight excluding hydrogens is 208 g/mol. The maximum absolute atomic E-state index is 11.7. The minimum atomic E-state index is -0.209. The number of aliphatic imine (C=N–C) groups is 1. The molecule has 0 unspecified atom stereocenters. The van der Waals surface area contributed by atoms with Crippen molar-refractivity contribution in [1.82, 2.24) is 0 Å². The Labute approximate surface area is 93.8 Å². The van der Waals surface area contributed by atoms with Gasteiger partial charge in [0.25, 0.3) is 5.91 Å². The minimum absolute atomic E-state index is 0.209. The molecule has 0 radical (unpaired) electrons. The van der Waals surface area contributed by atoms with E-state index < -0.39 is 0 Å². The lowest BCUT2D eigenvalue weighted by Crippen LogP contribution is -2.01. The van der Waals surface area contributed by atoms with E-state index in [1.54, 1.807) is 18.2 Å². The number of hydrogen-bond donors (Lipinski definition) is 1. The lowest BCUT2D eigenvalue weighted by atomic mass is 10.1. The van der Waals surface area contributed by atoms with E-state index in [9.17, 15) is 4.79 Å². The minimum Gasteiger partial charge on any atom is -0.399 e. The van der Waals surface area contributed by atoms with Gasteiger partial charge in [-0.1, -0.05) is 0 Å². The van der Waals surface area contributed by atoms with Crippen LogP contribution in [0.3, 0.4) is 0 Å². The van der Waals surface area contributed by atoms with E-state index in [1.165, 1.54) is 11.8 Å². The fourth-order valence-electron chi connectivity index (χ4n) is 1.18. The average Bonchev–Trinajstić information content (AvgIpc) is 2.17. The molecule has 0 aliphatic carbocycles. The zero-order valence-corrected chi connectivity index (χ0v) is 9.89. The Morgan fingerprint density at radius 2 is 2.13 bits per heavy atom. The summed E-state index contributed by atoms with van der Waals surface area (Å²) in [4.78, 5) is 15.7. The number of carbonyl (C=O) groups is 1. The van der Waals surface area contributed by atoms with Gasteiger partial charge in [-0.05, 0) is 43.9 Å². The quantitative estimate of drug-likeness (QED) is 0.451. The largest absolute Gasteiger partial charge is 0.399 e. The zero-order valence-electron chi connectivity index (χ0n) is 9.07. The summed E-state index contributed by atoms with van der Waals surface area (Å²) in [6.45, 7) is 3.67. The maximum Gasteiger partial charge on any atom is 0.277 e. The smallest absolute Gasteiger partial charge is 0.277 e. The van der Waals surface area contributed by atoms with Gasteiger partial charge < -0.3 is 5.73 Å². The van der Waals surface area contributed by atoms with Crippen LogP contribution in [0.15, 0.2) is 23.2 Å². The van der Waals surface area contributed by atoms with Crippen molar-refractivity contribution in [3.63, 3.8) is 0 Å². The number of carbonyl (C=O) groups excluding carboxylic acids is 1. The highest BCUT2D eigenvalue weighted by atomic mass is 32.2. The van der Waals surface area contributed by atoms with Crippen molar-refractivity contribution < 1.29 is 4.79 Å². The van der Waals surface area contributed by atoms with Gasteiger partial charge in [0.05, 0.1) is 5.04 Å². The van der Waals surface area contributed by atoms with E-state index >= 15 is 0 Å². The molecule has 1 rings (SSSR count). The fraction of sp³-hybridized carbons (Fsp3) is 0.273. The molecular formula is C11H14N2OS. The molecule has 2 N–H and O–H groups in total. The predicted octanol–water partition coefficient (Wildman–Crippen LogP) is 2.50. The summed E-state index contributed by atoms with van der Waals surface area (Å²) in [5.74, 6) is -0.209. The van der Waals surface area contributed by atoms with E-state index in [2.05, 4.69) is 4.99 Å². The number of thioether (sulfide) groups is 1. The summed E-state index contributed by atoms with van der Waals surface area (Å²) in [7, 11) is 0. The molecule has 0 aliphatic heterocycles. The van der Waals surface area contributed by atoms with Crippen molar-refractivity contribution in [2.45, 2.75) is 13.8 Å². The van der Waals surface area contributed by atoms with E-state index in [0.29, 0.717) is 11.3 Å². The van der Waals surface area contributed by atoms with E-state index in [-0.39, 0.29) is 5.91 Å². The van der Waals surface area contributed by atoms with Gasteiger partial charge >= 0.3 is 0 Å². The average molecular weight is 222 g/mol. The second kappa shape index (κ2) is 4.98. The number of amides is 1. The Bertz CT molecular complexity index is 413. The Hall–Kier alpha value is -1.29. The standard InChI is InChI=1S/C11H14N2OS/c1-7-6-9(12)4-5-10(7)11(14)13-8(2)15-3/h4-6H,12H2,1-3H3/b13-8+. The summed E-state index contributed by atoms with van der Waals surface area (Å²) < 4.78 is 0. The van der Waals surface area contributed by atoms with Gasteiger partial charge in [-0.15, -0.1) is 11.8 Å². The number of benzene rings is 1. The number of nitrogen functional groups attached to an aromatic ring is 1. The van der Waals surface area contributed by atoms with Crippen LogP contribution in [0.4, 0.5) is 5.69 Å². The normalized spacial score (nSPS) is 11.5. The lowest BCUT2D eigenvalue weighted by Gasteiger charge is -2.02. The van der Waals surface area contributed by atoms with Crippen LogP contribution in [0.1, 0.15) is 22.8 Å². The summed E-state index contributed by atoms with van der Waals surface area (Å²) in [6.07, 6.45) is 1.89. The Kier molecular flexibility index (Phi) is 3.91. The Morgan fingerprint density at radius 1 is 1.47 bits per heavy atom. The molecule has 0 saturated heterocycles. The van der Waals surface area contributed by atoms with Gasteiger partial charge in [-0.25, -0.2) is 4.99 Å². The molecule has 4 heteroatoms. The predicted molar refractivity (Wildman–Crippen MR) is 66.5 cm³/mol. The number of aryl methyl sites for hydroxylation is 1. The summed E-state index contributed by atoms with van der Waals surface area (Å²) in [6, 6.07) is 5.20. The van der Waals surface area contributed by atoms with Crippen LogP contribution in [-0.4, -0.2) is 17.2 Å². The number of rotatable bonds is 1. The third-order valence-electron chi connectivity index (χ3n) is 2.04. The van der Waals surface area contributed by atoms with Gasteiger partial charge in [0.15, 0.2) is 0 Å². The van der Waals surface area contributed by atoms with Gasteiger partial charge in [0.2, 0.25) is 0 Å². The molecule has 0 saturated carbocycles. The second-order valence-corrected chi connectivity index (χ2v) is 4.21. The number of anilines is 1. The van der Waals surface area contributed by atoms with E-state index in [1.807, 2.05) is 20.1 Å². The third-order valence-corrected chi connectivity index (χ3v) is 2.72.